The van der Waals surface area contributed by atoms with Crippen LogP contribution in [0.4, 0.5) is 5.69 Å². The number of ether oxygens (including phenoxy) is 2. The molecule has 4 rings (SSSR count). The van der Waals surface area contributed by atoms with Crippen molar-refractivity contribution in [1.29, 1.82) is 0 Å². The first kappa shape index (κ1) is 28.9. The van der Waals surface area contributed by atoms with Gasteiger partial charge in [0.2, 0.25) is 11.8 Å². The summed E-state index contributed by atoms with van der Waals surface area (Å²) in [5, 5.41) is 2.81. The summed E-state index contributed by atoms with van der Waals surface area (Å²) >= 11 is 0. The molecule has 0 aromatic heterocycles. The van der Waals surface area contributed by atoms with Crippen molar-refractivity contribution >= 4 is 27.5 Å². The van der Waals surface area contributed by atoms with E-state index < -0.39 is 28.5 Å². The van der Waals surface area contributed by atoms with Gasteiger partial charge < -0.3 is 19.7 Å². The Kier molecular flexibility index (Phi) is 9.65. The molecule has 0 saturated carbocycles. The molecular weight excluding hydrogens is 530 g/mol. The van der Waals surface area contributed by atoms with Crippen molar-refractivity contribution in [3.63, 3.8) is 0 Å². The second kappa shape index (κ2) is 13.3. The summed E-state index contributed by atoms with van der Waals surface area (Å²) in [6.07, 6.45) is 0.889. The molecule has 1 N–H and O–H groups in total. The number of hydrogen-bond donors (Lipinski definition) is 1. The van der Waals surface area contributed by atoms with Gasteiger partial charge in [0, 0.05) is 19.2 Å². The number of likely N-dealkylation sites (N-methyl/N-ethyl adjacent to an activating group) is 1. The van der Waals surface area contributed by atoms with Gasteiger partial charge in [0.15, 0.2) is 11.5 Å². The first-order valence-corrected chi connectivity index (χ1v) is 14.9. The molecule has 9 nitrogen and oxygen atoms in total. The van der Waals surface area contributed by atoms with Crippen LogP contribution in [0.5, 0.6) is 11.5 Å². The summed E-state index contributed by atoms with van der Waals surface area (Å²) in [6.45, 7) is 4.55. The summed E-state index contributed by atoms with van der Waals surface area (Å²) in [5.74, 6) is 0.149. The predicted octanol–water partition coefficient (Wildman–Crippen LogP) is 3.64. The lowest BCUT2D eigenvalue weighted by atomic mass is 10.1. The molecule has 3 aromatic rings. The number of rotatable bonds is 12. The third kappa shape index (κ3) is 6.74. The zero-order chi connectivity index (χ0) is 28.5. The van der Waals surface area contributed by atoms with Crippen molar-refractivity contribution in [2.45, 2.75) is 37.6 Å². The van der Waals surface area contributed by atoms with Gasteiger partial charge in [-0.1, -0.05) is 55.5 Å². The Morgan fingerprint density at radius 1 is 0.900 bits per heavy atom. The predicted molar refractivity (Wildman–Crippen MR) is 153 cm³/mol. The molecule has 3 aromatic carbocycles. The minimum atomic E-state index is -4.15. The fourth-order valence-electron chi connectivity index (χ4n) is 4.62. The SMILES string of the molecule is CCNC(=O)[C@@H](CC)N(CCc1ccccc1)C(=O)CN(c1ccc2c(c1)OCCO2)S(=O)(=O)c1ccccc1. The molecule has 1 aliphatic heterocycles. The highest BCUT2D eigenvalue weighted by atomic mass is 32.2. The van der Waals surface area contributed by atoms with E-state index in [4.69, 9.17) is 9.47 Å². The Morgan fingerprint density at radius 2 is 1.55 bits per heavy atom. The highest BCUT2D eigenvalue weighted by Gasteiger charge is 2.33. The molecule has 0 saturated heterocycles. The maximum Gasteiger partial charge on any atom is 0.264 e. The topological polar surface area (TPSA) is 105 Å². The maximum absolute atomic E-state index is 14.0. The number of anilines is 1. The summed E-state index contributed by atoms with van der Waals surface area (Å²) in [5.41, 5.74) is 1.27. The maximum atomic E-state index is 14.0. The van der Waals surface area contributed by atoms with Gasteiger partial charge in [0.1, 0.15) is 25.8 Å². The van der Waals surface area contributed by atoms with Crippen molar-refractivity contribution in [2.24, 2.45) is 0 Å². The number of hydrogen-bond acceptors (Lipinski definition) is 6. The average Bonchev–Trinajstić information content (AvgIpc) is 2.98. The number of carbonyl (C=O) groups excluding carboxylic acids is 2. The molecule has 1 aliphatic rings. The summed E-state index contributed by atoms with van der Waals surface area (Å²) < 4.78 is 40.2. The number of nitrogens with zero attached hydrogens (tertiary/aromatic N) is 2. The van der Waals surface area contributed by atoms with Gasteiger partial charge in [-0.15, -0.1) is 0 Å². The van der Waals surface area contributed by atoms with Crippen molar-refractivity contribution in [1.82, 2.24) is 10.2 Å². The van der Waals surface area contributed by atoms with E-state index in [-0.39, 0.29) is 23.0 Å². The molecule has 1 atom stereocenters. The fourth-order valence-corrected chi connectivity index (χ4v) is 6.05. The van der Waals surface area contributed by atoms with Crippen molar-refractivity contribution in [3.05, 3.63) is 84.4 Å². The third-order valence-electron chi connectivity index (χ3n) is 6.64. The van der Waals surface area contributed by atoms with Crippen molar-refractivity contribution in [3.8, 4) is 11.5 Å². The van der Waals surface area contributed by atoms with Crippen LogP contribution >= 0.6 is 0 Å². The van der Waals surface area contributed by atoms with Crippen LogP contribution in [-0.2, 0) is 26.0 Å². The van der Waals surface area contributed by atoms with Crippen LogP contribution in [0.1, 0.15) is 25.8 Å². The van der Waals surface area contributed by atoms with Crippen molar-refractivity contribution < 1.29 is 27.5 Å². The minimum Gasteiger partial charge on any atom is -0.486 e. The molecule has 0 fully saturated rings. The van der Waals surface area contributed by atoms with Gasteiger partial charge in [0.05, 0.1) is 10.6 Å². The molecular formula is C30H35N3O6S. The zero-order valence-electron chi connectivity index (χ0n) is 22.8. The summed E-state index contributed by atoms with van der Waals surface area (Å²) in [6, 6.07) is 21.7. The first-order valence-electron chi connectivity index (χ1n) is 13.4. The Balaban J connectivity index is 1.71. The number of benzene rings is 3. The molecule has 1 heterocycles. The minimum absolute atomic E-state index is 0.0456. The Labute approximate surface area is 235 Å². The Bertz CT molecular complexity index is 1400. The lowest BCUT2D eigenvalue weighted by Crippen LogP contribution is -2.53. The van der Waals surface area contributed by atoms with Crippen LogP contribution in [-0.4, -0.2) is 64.0 Å². The Hall–Kier alpha value is -4.05. The van der Waals surface area contributed by atoms with E-state index in [2.05, 4.69) is 5.32 Å². The molecule has 0 aliphatic carbocycles. The highest BCUT2D eigenvalue weighted by Crippen LogP contribution is 2.36. The van der Waals surface area contributed by atoms with Gasteiger partial charge in [-0.2, -0.15) is 0 Å². The normalized spacial score (nSPS) is 13.2. The summed E-state index contributed by atoms with van der Waals surface area (Å²) in [7, 11) is -4.15. The van der Waals surface area contributed by atoms with Gasteiger partial charge in [-0.3, -0.25) is 13.9 Å². The molecule has 0 unspecified atom stereocenters. The smallest absolute Gasteiger partial charge is 0.264 e. The summed E-state index contributed by atoms with van der Waals surface area (Å²) in [4.78, 5) is 28.5. The first-order chi connectivity index (χ1) is 19.3. The van der Waals surface area contributed by atoms with Crippen LogP contribution in [0.25, 0.3) is 0 Å². The monoisotopic (exact) mass is 565 g/mol. The zero-order valence-corrected chi connectivity index (χ0v) is 23.6. The van der Waals surface area contributed by atoms with Crippen LogP contribution in [0.15, 0.2) is 83.8 Å². The van der Waals surface area contributed by atoms with Gasteiger partial charge in [-0.05, 0) is 49.6 Å². The Morgan fingerprint density at radius 3 is 2.20 bits per heavy atom. The standard InChI is InChI=1S/C30H35N3O6S/c1-3-26(30(35)31-4-2)32(18-17-23-11-7-5-8-12-23)29(34)22-33(40(36,37)25-13-9-6-10-14-25)24-15-16-27-28(21-24)39-20-19-38-27/h5-16,21,26H,3-4,17-20,22H2,1-2H3,(H,31,35)/t26-/m1/s1. The molecule has 2 amide bonds. The molecule has 0 bridgehead atoms. The second-order valence-corrected chi connectivity index (χ2v) is 11.2. The van der Waals surface area contributed by atoms with Gasteiger partial charge in [0.25, 0.3) is 10.0 Å². The van der Waals surface area contributed by atoms with Crippen LogP contribution in [0.3, 0.4) is 0 Å². The average molecular weight is 566 g/mol. The number of fused-ring (bicyclic) bond motifs is 1. The molecule has 10 heteroatoms. The van der Waals surface area contributed by atoms with Crippen LogP contribution in [0.2, 0.25) is 0 Å². The molecule has 40 heavy (non-hydrogen) atoms. The molecule has 212 valence electrons. The quantitative estimate of drug-likeness (QED) is 0.360. The van der Waals surface area contributed by atoms with E-state index in [9.17, 15) is 18.0 Å². The van der Waals surface area contributed by atoms with Crippen molar-refractivity contribution in [2.75, 3.05) is 37.2 Å². The van der Waals surface area contributed by atoms with Gasteiger partial charge >= 0.3 is 0 Å². The van der Waals surface area contributed by atoms with E-state index in [0.717, 1.165) is 9.87 Å². The lowest BCUT2D eigenvalue weighted by molar-refractivity contribution is -0.139. The van der Waals surface area contributed by atoms with Crippen LogP contribution < -0.4 is 19.1 Å². The second-order valence-electron chi connectivity index (χ2n) is 9.29. The number of amides is 2. The van der Waals surface area contributed by atoms with E-state index in [1.165, 1.54) is 17.0 Å². The van der Waals surface area contributed by atoms with E-state index in [1.807, 2.05) is 44.2 Å². The van der Waals surface area contributed by atoms with E-state index >= 15 is 0 Å². The number of sulfonamides is 1. The highest BCUT2D eigenvalue weighted by molar-refractivity contribution is 7.92. The number of nitrogens with one attached hydrogen (secondary N) is 1. The molecule has 0 radical (unpaired) electrons. The molecule has 0 spiro atoms. The lowest BCUT2D eigenvalue weighted by Gasteiger charge is -2.33. The van der Waals surface area contributed by atoms with E-state index in [0.29, 0.717) is 44.1 Å². The fraction of sp³-hybridized carbons (Fsp3) is 0.333. The van der Waals surface area contributed by atoms with Gasteiger partial charge in [-0.25, -0.2) is 8.42 Å². The largest absolute Gasteiger partial charge is 0.486 e. The van der Waals surface area contributed by atoms with E-state index in [1.54, 1.807) is 36.4 Å². The van der Waals surface area contributed by atoms with Crippen LogP contribution in [0, 0.1) is 0 Å². The number of carbonyl (C=O) groups is 2. The third-order valence-corrected chi connectivity index (χ3v) is 8.43.